The number of rotatable bonds is 12. The van der Waals surface area contributed by atoms with Crippen LogP contribution in [0.1, 0.15) is 33.7 Å². The second-order valence-corrected chi connectivity index (χ2v) is 12.1. The number of para-hydroxylation sites is 2. The van der Waals surface area contributed by atoms with Gasteiger partial charge in [-0.2, -0.15) is 10.5 Å². The second kappa shape index (κ2) is 13.2. The number of carboxylic acids is 1. The number of hydrogen-bond donors (Lipinski definition) is 4. The Hall–Kier alpha value is -5.61. The largest absolute Gasteiger partial charge is 0.480 e. The monoisotopic (exact) mass is 647 g/mol. The molecule has 0 spiro atoms. The van der Waals surface area contributed by atoms with Gasteiger partial charge in [0.2, 0.25) is 11.9 Å². The number of carbonyl (C=O) groups is 1. The lowest BCUT2D eigenvalue weighted by molar-refractivity contribution is -0.138. The maximum absolute atomic E-state index is 13.1. The number of nitrogens with one attached hydrogen (secondary N) is 2. The third-order valence-electron chi connectivity index (χ3n) is 7.14. The lowest BCUT2D eigenvalue weighted by Gasteiger charge is -2.31. The lowest BCUT2D eigenvalue weighted by atomic mass is 9.78. The van der Waals surface area contributed by atoms with Gasteiger partial charge in [-0.25, -0.2) is 34.7 Å². The van der Waals surface area contributed by atoms with Crippen molar-refractivity contribution in [1.29, 1.82) is 10.5 Å². The first-order valence-corrected chi connectivity index (χ1v) is 15.7. The van der Waals surface area contributed by atoms with Crippen molar-refractivity contribution in [2.24, 2.45) is 5.73 Å². The summed E-state index contributed by atoms with van der Waals surface area (Å²) in [5.74, 6) is -2.09. The maximum Gasteiger partial charge on any atom is 0.328 e. The molecule has 4 heterocycles. The van der Waals surface area contributed by atoms with Crippen LogP contribution in [0.2, 0.25) is 0 Å². The molecule has 13 nitrogen and oxygen atoms in total. The van der Waals surface area contributed by atoms with Crippen LogP contribution in [-0.2, 0) is 10.2 Å². The first-order valence-electron chi connectivity index (χ1n) is 14.1. The number of anilines is 2. The fourth-order valence-corrected chi connectivity index (χ4v) is 7.08. The number of nitriles is 2. The predicted molar refractivity (Wildman–Crippen MR) is 174 cm³/mol. The molecule has 0 amide bonds. The van der Waals surface area contributed by atoms with E-state index in [0.717, 1.165) is 14.9 Å². The Morgan fingerprint density at radius 3 is 2.28 bits per heavy atom. The highest BCUT2D eigenvalue weighted by Crippen LogP contribution is 2.40. The summed E-state index contributed by atoms with van der Waals surface area (Å²) in [5.41, 5.74) is 5.47. The Bertz CT molecular complexity index is 2050. The molecule has 0 aliphatic carbocycles. The molecule has 0 fully saturated rings. The molecule has 0 saturated carbocycles. The third kappa shape index (κ3) is 5.78. The number of nitrogens with two attached hydrogens (primary N) is 1. The van der Waals surface area contributed by atoms with Crippen LogP contribution < -0.4 is 16.4 Å². The van der Waals surface area contributed by atoms with Gasteiger partial charge in [-0.15, -0.1) is 22.7 Å². The van der Waals surface area contributed by atoms with Crippen LogP contribution in [0.3, 0.4) is 0 Å². The molecule has 4 aromatic heterocycles. The fourth-order valence-electron chi connectivity index (χ4n) is 4.91. The quantitative estimate of drug-likeness (QED) is 0.137. The molecule has 15 heteroatoms. The van der Waals surface area contributed by atoms with E-state index in [1.165, 1.54) is 41.1 Å². The first-order chi connectivity index (χ1) is 22.5. The van der Waals surface area contributed by atoms with Gasteiger partial charge < -0.3 is 21.5 Å². The summed E-state index contributed by atoms with van der Waals surface area (Å²) < 4.78 is 1.69. The van der Waals surface area contributed by atoms with Crippen LogP contribution in [0, 0.1) is 22.7 Å². The van der Waals surface area contributed by atoms with Crippen molar-refractivity contribution in [3.8, 4) is 12.1 Å². The van der Waals surface area contributed by atoms with Crippen LogP contribution in [0.5, 0.6) is 0 Å². The maximum atomic E-state index is 13.1. The average Bonchev–Trinajstić information content (AvgIpc) is 3.71. The van der Waals surface area contributed by atoms with Gasteiger partial charge in [0.25, 0.3) is 0 Å². The highest BCUT2D eigenvalue weighted by Gasteiger charge is 2.51. The number of benzene rings is 2. The number of hydrogen-bond acceptors (Lipinski definition) is 14. The molecular formula is C31H25N11O2S2. The summed E-state index contributed by atoms with van der Waals surface area (Å²) in [7, 11) is 0. The van der Waals surface area contributed by atoms with Crippen LogP contribution in [0.25, 0.3) is 20.4 Å². The van der Waals surface area contributed by atoms with Crippen molar-refractivity contribution in [3.63, 3.8) is 0 Å². The van der Waals surface area contributed by atoms with Gasteiger partial charge >= 0.3 is 5.97 Å². The predicted octanol–water partition coefficient (Wildman–Crippen LogP) is 4.28. The summed E-state index contributed by atoms with van der Waals surface area (Å²) >= 11 is 2.57. The number of thiazole rings is 2. The van der Waals surface area contributed by atoms with Crippen LogP contribution in [0.15, 0.2) is 73.1 Å². The van der Waals surface area contributed by atoms with Crippen molar-refractivity contribution >= 4 is 61.0 Å². The Labute approximate surface area is 270 Å². The molecule has 228 valence electrons. The zero-order valence-electron chi connectivity index (χ0n) is 24.0. The normalized spacial score (nSPS) is 13.7. The van der Waals surface area contributed by atoms with Crippen LogP contribution in [-0.4, -0.2) is 60.1 Å². The van der Waals surface area contributed by atoms with Crippen molar-refractivity contribution in [1.82, 2.24) is 29.9 Å². The fraction of sp³-hybridized carbons (Fsp3) is 0.194. The zero-order chi connectivity index (χ0) is 32.1. The zero-order valence-corrected chi connectivity index (χ0v) is 25.7. The minimum Gasteiger partial charge on any atom is -0.480 e. The molecule has 46 heavy (non-hydrogen) atoms. The summed E-state index contributed by atoms with van der Waals surface area (Å²) in [6, 6.07) is 20.8. The van der Waals surface area contributed by atoms with Crippen LogP contribution in [0.4, 0.5) is 11.9 Å². The molecule has 3 atom stereocenters. The van der Waals surface area contributed by atoms with E-state index >= 15 is 0 Å². The van der Waals surface area contributed by atoms with E-state index in [1.807, 2.05) is 42.5 Å². The summed E-state index contributed by atoms with van der Waals surface area (Å²) in [5, 5.41) is 38.5. The molecule has 6 aromatic rings. The van der Waals surface area contributed by atoms with Crippen LogP contribution >= 0.6 is 22.7 Å². The number of aromatic nitrogens is 6. The Kier molecular flexibility index (Phi) is 8.71. The van der Waals surface area contributed by atoms with Gasteiger partial charge in [0.05, 0.1) is 44.0 Å². The molecule has 3 unspecified atom stereocenters. The summed E-state index contributed by atoms with van der Waals surface area (Å²) in [6.07, 6.45) is 3.54. The molecule has 6 rings (SSSR count). The summed E-state index contributed by atoms with van der Waals surface area (Å²) in [4.78, 5) is 40.1. The summed E-state index contributed by atoms with van der Waals surface area (Å²) in [6.45, 7) is 0.937. The topological polar surface area (TPSA) is 212 Å². The number of aliphatic carboxylic acids is 1. The molecular weight excluding hydrogens is 623 g/mol. The van der Waals surface area contributed by atoms with E-state index in [9.17, 15) is 20.4 Å². The van der Waals surface area contributed by atoms with E-state index in [1.54, 1.807) is 12.1 Å². The van der Waals surface area contributed by atoms with Gasteiger partial charge in [-0.3, -0.25) is 0 Å². The SMILES string of the molecule is N#CC(c1ccnc(NC(C(=O)O)C(C#N)(c2ccnc(NCCCN)n2)c2nc3ccccc3s2)n1)c1nc2ccccc2s1. The molecule has 5 N–H and O–H groups in total. The highest BCUT2D eigenvalue weighted by molar-refractivity contribution is 7.19. The second-order valence-electron chi connectivity index (χ2n) is 10.0. The third-order valence-corrected chi connectivity index (χ3v) is 9.42. The molecule has 0 saturated heterocycles. The van der Waals surface area contributed by atoms with E-state index in [2.05, 4.69) is 47.7 Å². The van der Waals surface area contributed by atoms with Gasteiger partial charge in [0.15, 0.2) is 11.5 Å². The minimum atomic E-state index is -1.95. The molecule has 0 bridgehead atoms. The Morgan fingerprint density at radius 1 is 0.913 bits per heavy atom. The minimum absolute atomic E-state index is 0.0950. The van der Waals surface area contributed by atoms with Gasteiger partial charge in [0.1, 0.15) is 15.9 Å². The standard InChI is InChI=1S/C31H25N11O2S2/c32-12-5-13-35-29-36-15-11-24(41-29)31(17-34,28-39-21-7-2-4-9-23(21)46-28)25(27(43)44)42-30-37-14-10-19(40-30)18(16-33)26-38-20-6-1-3-8-22(20)45-26/h1-4,6-11,14-15,18,25H,5,12-13,32H2,(H,43,44)(H,35,36,41)(H,37,40,42). The lowest BCUT2D eigenvalue weighted by Crippen LogP contribution is -2.50. The molecule has 0 aliphatic rings. The van der Waals surface area contributed by atoms with Gasteiger partial charge in [-0.1, -0.05) is 24.3 Å². The molecule has 0 radical (unpaired) electrons. The van der Waals surface area contributed by atoms with E-state index in [-0.39, 0.29) is 22.6 Å². The van der Waals surface area contributed by atoms with E-state index < -0.39 is 23.3 Å². The average molecular weight is 648 g/mol. The number of fused-ring (bicyclic) bond motifs is 2. The van der Waals surface area contributed by atoms with Crippen molar-refractivity contribution in [3.05, 3.63) is 94.5 Å². The van der Waals surface area contributed by atoms with Gasteiger partial charge in [0, 0.05) is 18.9 Å². The highest BCUT2D eigenvalue weighted by atomic mass is 32.1. The number of carboxylic acid groups (broad SMARTS) is 1. The van der Waals surface area contributed by atoms with Gasteiger partial charge in [-0.05, 0) is 49.4 Å². The number of nitrogens with zero attached hydrogens (tertiary/aromatic N) is 8. The molecule has 2 aromatic carbocycles. The van der Waals surface area contributed by atoms with E-state index in [4.69, 9.17) is 10.7 Å². The van der Waals surface area contributed by atoms with Crippen molar-refractivity contribution in [2.75, 3.05) is 23.7 Å². The Balaban J connectivity index is 1.44. The first kappa shape index (κ1) is 30.4. The van der Waals surface area contributed by atoms with Crippen molar-refractivity contribution < 1.29 is 9.90 Å². The molecule has 0 aliphatic heterocycles. The smallest absolute Gasteiger partial charge is 0.328 e. The Morgan fingerprint density at radius 2 is 1.61 bits per heavy atom. The van der Waals surface area contributed by atoms with E-state index in [0.29, 0.717) is 35.7 Å². The van der Waals surface area contributed by atoms with Crippen molar-refractivity contribution in [2.45, 2.75) is 23.8 Å².